The summed E-state index contributed by atoms with van der Waals surface area (Å²) in [4.78, 5) is 11.1. The SMILES string of the molecule is Cc1ccc(NC(=O)NCC(F)(F)F)cc1Br. The van der Waals surface area contributed by atoms with Crippen molar-refractivity contribution in [2.24, 2.45) is 0 Å². The van der Waals surface area contributed by atoms with Crippen molar-refractivity contribution >= 4 is 27.6 Å². The third-order valence-corrected chi connectivity index (χ3v) is 2.73. The van der Waals surface area contributed by atoms with E-state index in [0.29, 0.717) is 5.69 Å². The van der Waals surface area contributed by atoms with Gasteiger partial charge in [-0.15, -0.1) is 0 Å². The summed E-state index contributed by atoms with van der Waals surface area (Å²) in [6.07, 6.45) is -4.41. The molecule has 0 heterocycles. The zero-order valence-electron chi connectivity index (χ0n) is 8.86. The second-order valence-electron chi connectivity index (χ2n) is 3.39. The molecule has 0 aliphatic rings. The molecule has 0 aromatic heterocycles. The van der Waals surface area contributed by atoms with Gasteiger partial charge in [0.25, 0.3) is 0 Å². The van der Waals surface area contributed by atoms with Crippen molar-refractivity contribution in [3.63, 3.8) is 0 Å². The number of carbonyl (C=O) groups is 1. The first-order valence-corrected chi connectivity index (χ1v) is 5.45. The molecule has 0 fully saturated rings. The Kier molecular flexibility index (Phi) is 4.39. The van der Waals surface area contributed by atoms with Crippen molar-refractivity contribution in [1.29, 1.82) is 0 Å². The van der Waals surface area contributed by atoms with Gasteiger partial charge in [-0.2, -0.15) is 13.2 Å². The molecule has 0 aliphatic carbocycles. The average Bonchev–Trinajstić information content (AvgIpc) is 2.20. The number of anilines is 1. The molecule has 2 N–H and O–H groups in total. The van der Waals surface area contributed by atoms with E-state index >= 15 is 0 Å². The summed E-state index contributed by atoms with van der Waals surface area (Å²) in [7, 11) is 0. The van der Waals surface area contributed by atoms with Gasteiger partial charge < -0.3 is 10.6 Å². The van der Waals surface area contributed by atoms with Gasteiger partial charge in [-0.3, -0.25) is 0 Å². The summed E-state index contributed by atoms with van der Waals surface area (Å²) in [5.41, 5.74) is 1.38. The number of alkyl halides is 3. The van der Waals surface area contributed by atoms with Gasteiger partial charge in [-0.1, -0.05) is 22.0 Å². The van der Waals surface area contributed by atoms with Crippen LogP contribution in [0.5, 0.6) is 0 Å². The number of rotatable bonds is 2. The van der Waals surface area contributed by atoms with Gasteiger partial charge in [0, 0.05) is 10.2 Å². The Morgan fingerprint density at radius 2 is 2.06 bits per heavy atom. The van der Waals surface area contributed by atoms with Gasteiger partial charge >= 0.3 is 12.2 Å². The van der Waals surface area contributed by atoms with Crippen LogP contribution in [0.15, 0.2) is 22.7 Å². The Bertz CT molecular complexity index is 421. The normalized spacial score (nSPS) is 11.1. The molecule has 94 valence electrons. The molecule has 3 nitrogen and oxygen atoms in total. The predicted octanol–water partition coefficient (Wildman–Crippen LogP) is 3.44. The Morgan fingerprint density at radius 1 is 1.41 bits per heavy atom. The molecular weight excluding hydrogens is 301 g/mol. The number of aryl methyl sites for hydroxylation is 1. The second-order valence-corrected chi connectivity index (χ2v) is 4.24. The van der Waals surface area contributed by atoms with Crippen LogP contribution in [0.4, 0.5) is 23.7 Å². The number of amides is 2. The molecule has 0 radical (unpaired) electrons. The Balaban J connectivity index is 2.54. The third-order valence-electron chi connectivity index (χ3n) is 1.88. The molecule has 1 aromatic rings. The number of hydrogen-bond acceptors (Lipinski definition) is 1. The number of benzene rings is 1. The first-order chi connectivity index (χ1) is 7.78. The molecule has 0 unspecified atom stereocenters. The fourth-order valence-electron chi connectivity index (χ4n) is 1.03. The van der Waals surface area contributed by atoms with Gasteiger partial charge in [0.1, 0.15) is 6.54 Å². The number of hydrogen-bond donors (Lipinski definition) is 2. The van der Waals surface area contributed by atoms with E-state index in [0.717, 1.165) is 10.0 Å². The molecule has 1 rings (SSSR count). The van der Waals surface area contributed by atoms with Gasteiger partial charge in [-0.25, -0.2) is 4.79 Å². The molecule has 7 heteroatoms. The largest absolute Gasteiger partial charge is 0.405 e. The van der Waals surface area contributed by atoms with E-state index in [-0.39, 0.29) is 0 Å². The fourth-order valence-corrected chi connectivity index (χ4v) is 1.41. The minimum absolute atomic E-state index is 0.419. The van der Waals surface area contributed by atoms with E-state index in [4.69, 9.17) is 0 Å². The maximum absolute atomic E-state index is 11.8. The van der Waals surface area contributed by atoms with Crippen LogP contribution in [-0.2, 0) is 0 Å². The summed E-state index contributed by atoms with van der Waals surface area (Å²) < 4.78 is 36.2. The predicted molar refractivity (Wildman–Crippen MR) is 62.0 cm³/mol. The second kappa shape index (κ2) is 5.39. The molecule has 2 amide bonds. The van der Waals surface area contributed by atoms with E-state index in [1.807, 2.05) is 6.92 Å². The highest BCUT2D eigenvalue weighted by Crippen LogP contribution is 2.20. The van der Waals surface area contributed by atoms with Gasteiger partial charge in [0.05, 0.1) is 0 Å². The molecule has 0 aliphatic heterocycles. The van der Waals surface area contributed by atoms with Gasteiger partial charge in [0.15, 0.2) is 0 Å². The first kappa shape index (κ1) is 13.8. The van der Waals surface area contributed by atoms with Crippen LogP contribution in [0.2, 0.25) is 0 Å². The number of nitrogens with one attached hydrogen (secondary N) is 2. The van der Waals surface area contributed by atoms with Crippen LogP contribution in [0, 0.1) is 6.92 Å². The Labute approximate surface area is 105 Å². The quantitative estimate of drug-likeness (QED) is 0.863. The molecule has 0 bridgehead atoms. The molecule has 0 atom stereocenters. The molecule has 0 saturated heterocycles. The van der Waals surface area contributed by atoms with Crippen molar-refractivity contribution in [3.05, 3.63) is 28.2 Å². The van der Waals surface area contributed by atoms with Crippen LogP contribution in [-0.4, -0.2) is 18.8 Å². The van der Waals surface area contributed by atoms with E-state index in [9.17, 15) is 18.0 Å². The fraction of sp³-hybridized carbons (Fsp3) is 0.300. The summed E-state index contributed by atoms with van der Waals surface area (Å²) in [5, 5.41) is 4.02. The Morgan fingerprint density at radius 3 is 2.59 bits per heavy atom. The summed E-state index contributed by atoms with van der Waals surface area (Å²) in [5.74, 6) is 0. The summed E-state index contributed by atoms with van der Waals surface area (Å²) in [6, 6.07) is 4.07. The smallest absolute Gasteiger partial charge is 0.329 e. The van der Waals surface area contributed by atoms with E-state index in [1.165, 1.54) is 0 Å². The number of carbonyl (C=O) groups excluding carboxylic acids is 1. The lowest BCUT2D eigenvalue weighted by Crippen LogP contribution is -2.36. The average molecular weight is 311 g/mol. The summed E-state index contributed by atoms with van der Waals surface area (Å²) >= 11 is 3.26. The third kappa shape index (κ3) is 5.08. The van der Waals surface area contributed by atoms with Crippen LogP contribution < -0.4 is 10.6 Å². The zero-order valence-corrected chi connectivity index (χ0v) is 10.4. The van der Waals surface area contributed by atoms with Crippen molar-refractivity contribution in [3.8, 4) is 0 Å². The summed E-state index contributed by atoms with van der Waals surface area (Å²) in [6.45, 7) is 0.503. The maximum atomic E-state index is 11.8. The number of halogens is 4. The van der Waals surface area contributed by atoms with Crippen molar-refractivity contribution in [2.45, 2.75) is 13.1 Å². The topological polar surface area (TPSA) is 41.1 Å². The lowest BCUT2D eigenvalue weighted by atomic mass is 10.2. The van der Waals surface area contributed by atoms with Crippen molar-refractivity contribution in [1.82, 2.24) is 5.32 Å². The minimum atomic E-state index is -4.41. The van der Waals surface area contributed by atoms with Crippen LogP contribution >= 0.6 is 15.9 Å². The molecule has 0 spiro atoms. The van der Waals surface area contributed by atoms with E-state index in [1.54, 1.807) is 23.5 Å². The molecule has 0 saturated carbocycles. The van der Waals surface area contributed by atoms with Gasteiger partial charge in [-0.05, 0) is 24.6 Å². The first-order valence-electron chi connectivity index (χ1n) is 4.66. The van der Waals surface area contributed by atoms with E-state index < -0.39 is 18.8 Å². The monoisotopic (exact) mass is 310 g/mol. The van der Waals surface area contributed by atoms with E-state index in [2.05, 4.69) is 21.2 Å². The van der Waals surface area contributed by atoms with Crippen LogP contribution in [0.1, 0.15) is 5.56 Å². The van der Waals surface area contributed by atoms with Gasteiger partial charge in [0.2, 0.25) is 0 Å². The standard InChI is InChI=1S/C10H10BrF3N2O/c1-6-2-3-7(4-8(6)11)16-9(17)15-5-10(12,13)14/h2-4H,5H2,1H3,(H2,15,16,17). The maximum Gasteiger partial charge on any atom is 0.405 e. The zero-order chi connectivity index (χ0) is 13.1. The molecule has 17 heavy (non-hydrogen) atoms. The van der Waals surface area contributed by atoms with Crippen molar-refractivity contribution in [2.75, 3.05) is 11.9 Å². The lowest BCUT2D eigenvalue weighted by molar-refractivity contribution is -0.122. The van der Waals surface area contributed by atoms with Crippen LogP contribution in [0.3, 0.4) is 0 Å². The molecular formula is C10H10BrF3N2O. The highest BCUT2D eigenvalue weighted by atomic mass is 79.9. The highest BCUT2D eigenvalue weighted by Gasteiger charge is 2.27. The van der Waals surface area contributed by atoms with Crippen molar-refractivity contribution < 1.29 is 18.0 Å². The minimum Gasteiger partial charge on any atom is -0.329 e. The number of urea groups is 1. The Hall–Kier alpha value is -1.24. The highest BCUT2D eigenvalue weighted by molar-refractivity contribution is 9.10. The molecule has 1 aromatic carbocycles. The van der Waals surface area contributed by atoms with Crippen LogP contribution in [0.25, 0.3) is 0 Å². The lowest BCUT2D eigenvalue weighted by Gasteiger charge is -2.10.